The SMILES string of the molecule is C[Si](C)(C)Oc1ccc(N2C(=O)[C@@H]3[C@H](C2=O)[C@H]2C=C[C@@H]3O2)cc1. The van der Waals surface area contributed by atoms with Crippen molar-refractivity contribution >= 4 is 25.8 Å². The maximum absolute atomic E-state index is 12.7. The molecule has 1 aromatic rings. The first-order chi connectivity index (χ1) is 10.8. The molecule has 5 nitrogen and oxygen atoms in total. The Balaban J connectivity index is 1.59. The van der Waals surface area contributed by atoms with E-state index in [0.29, 0.717) is 5.69 Å². The van der Waals surface area contributed by atoms with Crippen molar-refractivity contribution in [1.29, 1.82) is 0 Å². The van der Waals surface area contributed by atoms with Crippen LogP contribution in [-0.4, -0.2) is 32.3 Å². The predicted octanol–water partition coefficient (Wildman–Crippen LogP) is 2.34. The van der Waals surface area contributed by atoms with E-state index < -0.39 is 8.32 Å². The molecule has 0 unspecified atom stereocenters. The number of ether oxygens (including phenoxy) is 1. The molecule has 0 saturated carbocycles. The van der Waals surface area contributed by atoms with Crippen molar-refractivity contribution in [2.75, 3.05) is 4.90 Å². The summed E-state index contributed by atoms with van der Waals surface area (Å²) in [7, 11) is -1.67. The summed E-state index contributed by atoms with van der Waals surface area (Å²) in [5.41, 5.74) is 0.608. The maximum atomic E-state index is 12.7. The highest BCUT2D eigenvalue weighted by Crippen LogP contribution is 2.46. The zero-order valence-electron chi connectivity index (χ0n) is 13.4. The molecule has 23 heavy (non-hydrogen) atoms. The van der Waals surface area contributed by atoms with E-state index in [1.165, 1.54) is 4.90 Å². The molecule has 3 heterocycles. The van der Waals surface area contributed by atoms with Crippen molar-refractivity contribution in [3.63, 3.8) is 0 Å². The Hall–Kier alpha value is -1.92. The fourth-order valence-corrected chi connectivity index (χ4v) is 4.42. The van der Waals surface area contributed by atoms with Crippen LogP contribution in [0.25, 0.3) is 0 Å². The van der Waals surface area contributed by atoms with Crippen LogP contribution in [0.4, 0.5) is 5.69 Å². The first-order valence-electron chi connectivity index (χ1n) is 7.86. The Bertz CT molecular complexity index is 676. The number of fused-ring (bicyclic) bond motifs is 5. The second-order valence-electron chi connectivity index (χ2n) is 7.22. The van der Waals surface area contributed by atoms with E-state index in [1.54, 1.807) is 12.1 Å². The van der Waals surface area contributed by atoms with Gasteiger partial charge in [0, 0.05) is 0 Å². The molecule has 2 bridgehead atoms. The van der Waals surface area contributed by atoms with E-state index in [-0.39, 0.29) is 35.9 Å². The van der Waals surface area contributed by atoms with Crippen molar-refractivity contribution in [3.05, 3.63) is 36.4 Å². The molecular formula is C17H19NO4Si. The van der Waals surface area contributed by atoms with Gasteiger partial charge in [-0.05, 0) is 43.9 Å². The molecule has 3 aliphatic rings. The molecule has 2 fully saturated rings. The Labute approximate surface area is 136 Å². The Kier molecular flexibility index (Phi) is 3.05. The van der Waals surface area contributed by atoms with Gasteiger partial charge in [0.1, 0.15) is 5.75 Å². The van der Waals surface area contributed by atoms with Crippen LogP contribution in [0.1, 0.15) is 0 Å². The first-order valence-corrected chi connectivity index (χ1v) is 11.3. The van der Waals surface area contributed by atoms with Gasteiger partial charge in [0.25, 0.3) is 0 Å². The van der Waals surface area contributed by atoms with E-state index in [1.807, 2.05) is 24.3 Å². The van der Waals surface area contributed by atoms with Crippen LogP contribution in [0.2, 0.25) is 19.6 Å². The summed E-state index contributed by atoms with van der Waals surface area (Å²) in [6.45, 7) is 6.33. The molecule has 120 valence electrons. The molecule has 4 rings (SSSR count). The highest BCUT2D eigenvalue weighted by molar-refractivity contribution is 6.70. The fourth-order valence-electron chi connectivity index (χ4n) is 3.57. The van der Waals surface area contributed by atoms with Gasteiger partial charge in [-0.3, -0.25) is 9.59 Å². The van der Waals surface area contributed by atoms with E-state index in [0.717, 1.165) is 5.75 Å². The number of anilines is 1. The van der Waals surface area contributed by atoms with Crippen molar-refractivity contribution < 1.29 is 18.8 Å². The number of imide groups is 1. The largest absolute Gasteiger partial charge is 0.544 e. The van der Waals surface area contributed by atoms with E-state index in [9.17, 15) is 9.59 Å². The summed E-state index contributed by atoms with van der Waals surface area (Å²) in [6, 6.07) is 7.21. The molecule has 0 N–H and O–H groups in total. The number of rotatable bonds is 3. The first kappa shape index (κ1) is 14.7. The average Bonchev–Trinajstić information content (AvgIpc) is 3.13. The van der Waals surface area contributed by atoms with Crippen LogP contribution in [0.15, 0.2) is 36.4 Å². The van der Waals surface area contributed by atoms with Gasteiger partial charge >= 0.3 is 0 Å². The predicted molar refractivity (Wildman–Crippen MR) is 87.7 cm³/mol. The fraction of sp³-hybridized carbons (Fsp3) is 0.412. The van der Waals surface area contributed by atoms with Crippen molar-refractivity contribution in [3.8, 4) is 5.75 Å². The minimum atomic E-state index is -1.67. The molecule has 0 spiro atoms. The third kappa shape index (κ3) is 2.24. The van der Waals surface area contributed by atoms with E-state index >= 15 is 0 Å². The molecule has 6 heteroatoms. The molecule has 2 saturated heterocycles. The van der Waals surface area contributed by atoms with Gasteiger partial charge in [-0.1, -0.05) is 12.2 Å². The number of carbonyl (C=O) groups is 2. The van der Waals surface area contributed by atoms with Gasteiger partial charge in [0.15, 0.2) is 0 Å². The normalized spacial score (nSPS) is 31.9. The minimum Gasteiger partial charge on any atom is -0.544 e. The quantitative estimate of drug-likeness (QED) is 0.485. The summed E-state index contributed by atoms with van der Waals surface area (Å²) in [6.07, 6.45) is 3.29. The zero-order valence-corrected chi connectivity index (χ0v) is 14.4. The van der Waals surface area contributed by atoms with Gasteiger partial charge in [-0.25, -0.2) is 4.90 Å². The third-order valence-electron chi connectivity index (χ3n) is 4.43. The van der Waals surface area contributed by atoms with Crippen LogP contribution in [-0.2, 0) is 14.3 Å². The Morgan fingerprint density at radius 3 is 1.96 bits per heavy atom. The number of hydrogen-bond acceptors (Lipinski definition) is 4. The summed E-state index contributed by atoms with van der Waals surface area (Å²) in [5.74, 6) is -0.269. The van der Waals surface area contributed by atoms with Crippen molar-refractivity contribution in [2.24, 2.45) is 11.8 Å². The lowest BCUT2D eigenvalue weighted by atomic mass is 9.85. The van der Waals surface area contributed by atoms with Crippen LogP contribution in [0, 0.1) is 11.8 Å². The molecule has 0 aromatic heterocycles. The molecule has 1 aromatic carbocycles. The van der Waals surface area contributed by atoms with E-state index in [2.05, 4.69) is 19.6 Å². The standard InChI is InChI=1S/C17H19NO4Si/c1-23(2,3)22-11-6-4-10(5-7-11)18-16(19)14-12-8-9-13(21-12)15(14)17(18)20/h4-9,12-15H,1-3H3/t12-,13+,14-,15+. The molecule has 4 atom stereocenters. The number of carbonyl (C=O) groups excluding carboxylic acids is 2. The van der Waals surface area contributed by atoms with Crippen LogP contribution in [0.3, 0.4) is 0 Å². The molecule has 3 aliphatic heterocycles. The van der Waals surface area contributed by atoms with Gasteiger partial charge in [-0.2, -0.15) is 0 Å². The van der Waals surface area contributed by atoms with Crippen molar-refractivity contribution in [2.45, 2.75) is 31.8 Å². The highest BCUT2D eigenvalue weighted by atomic mass is 28.4. The smallest absolute Gasteiger partial charge is 0.242 e. The second-order valence-corrected chi connectivity index (χ2v) is 11.7. The van der Waals surface area contributed by atoms with Gasteiger partial charge < -0.3 is 9.16 Å². The highest BCUT2D eigenvalue weighted by Gasteiger charge is 2.60. The molecule has 2 amide bonds. The summed E-state index contributed by atoms with van der Waals surface area (Å²) in [4.78, 5) is 26.6. The third-order valence-corrected chi connectivity index (χ3v) is 5.28. The molecule has 0 aliphatic carbocycles. The number of hydrogen-bond donors (Lipinski definition) is 0. The number of amides is 2. The lowest BCUT2D eigenvalue weighted by molar-refractivity contribution is -0.124. The lowest BCUT2D eigenvalue weighted by Crippen LogP contribution is -2.34. The summed E-state index contributed by atoms with van der Waals surface area (Å²) in [5, 5.41) is 0. The van der Waals surface area contributed by atoms with E-state index in [4.69, 9.17) is 9.16 Å². The van der Waals surface area contributed by atoms with Crippen LogP contribution >= 0.6 is 0 Å². The minimum absolute atomic E-state index is 0.157. The molecule has 0 radical (unpaired) electrons. The summed E-state index contributed by atoms with van der Waals surface area (Å²) >= 11 is 0. The topological polar surface area (TPSA) is 55.8 Å². The lowest BCUT2D eigenvalue weighted by Gasteiger charge is -2.21. The second kappa shape index (κ2) is 4.78. The Morgan fingerprint density at radius 1 is 0.957 bits per heavy atom. The Morgan fingerprint density at radius 2 is 1.48 bits per heavy atom. The number of nitrogens with zero attached hydrogens (tertiary/aromatic N) is 1. The van der Waals surface area contributed by atoms with Crippen LogP contribution < -0.4 is 9.33 Å². The van der Waals surface area contributed by atoms with Crippen molar-refractivity contribution in [1.82, 2.24) is 0 Å². The molecular weight excluding hydrogens is 310 g/mol. The van der Waals surface area contributed by atoms with Gasteiger partial charge in [0.05, 0.1) is 29.7 Å². The zero-order chi connectivity index (χ0) is 16.4. The van der Waals surface area contributed by atoms with Gasteiger partial charge in [-0.15, -0.1) is 0 Å². The van der Waals surface area contributed by atoms with Crippen LogP contribution in [0.5, 0.6) is 5.75 Å². The monoisotopic (exact) mass is 329 g/mol. The summed E-state index contributed by atoms with van der Waals surface area (Å²) < 4.78 is 11.6. The maximum Gasteiger partial charge on any atom is 0.242 e. The number of benzene rings is 1. The van der Waals surface area contributed by atoms with Gasteiger partial charge in [0.2, 0.25) is 20.1 Å². The average molecular weight is 329 g/mol.